The van der Waals surface area contributed by atoms with E-state index in [0.717, 1.165) is 41.4 Å². The highest BCUT2D eigenvalue weighted by Crippen LogP contribution is 2.42. The topological polar surface area (TPSA) is 76.7 Å². The van der Waals surface area contributed by atoms with Gasteiger partial charge in [0.25, 0.3) is 0 Å². The van der Waals surface area contributed by atoms with Crippen molar-refractivity contribution in [2.75, 3.05) is 36.0 Å². The van der Waals surface area contributed by atoms with Crippen LogP contribution in [0.15, 0.2) is 48.7 Å². The van der Waals surface area contributed by atoms with Crippen LogP contribution in [0.1, 0.15) is 38.4 Å². The van der Waals surface area contributed by atoms with Gasteiger partial charge in [-0.2, -0.15) is 4.57 Å². The summed E-state index contributed by atoms with van der Waals surface area (Å²) in [6.45, 7) is 8.00. The van der Waals surface area contributed by atoms with E-state index >= 15 is 0 Å². The van der Waals surface area contributed by atoms with Crippen LogP contribution in [0.25, 0.3) is 12.2 Å². The highest BCUT2D eigenvalue weighted by molar-refractivity contribution is 8.77. The molecule has 2 aromatic rings. The molecule has 8 heteroatoms. The zero-order valence-corrected chi connectivity index (χ0v) is 22.5. The number of pyridine rings is 1. The molecule has 2 heterocycles. The third-order valence-corrected chi connectivity index (χ3v) is 8.78. The minimum atomic E-state index is -0.473. The molecule has 1 aliphatic rings. The molecule has 1 fully saturated rings. The van der Waals surface area contributed by atoms with E-state index in [0.29, 0.717) is 19.6 Å². The molecule has 0 radical (unpaired) electrons. The molecule has 1 aliphatic heterocycles. The molecule has 0 saturated carbocycles. The van der Waals surface area contributed by atoms with Gasteiger partial charge in [0.05, 0.1) is 17.6 Å². The molecule has 35 heavy (non-hydrogen) atoms. The number of carbonyl (C=O) groups excluding carboxylic acids is 1. The molecule has 3 rings (SSSR count). The molecule has 0 bridgehead atoms. The van der Waals surface area contributed by atoms with Crippen LogP contribution in [0, 0.1) is 5.41 Å². The van der Waals surface area contributed by atoms with Crippen molar-refractivity contribution in [2.24, 2.45) is 5.41 Å². The summed E-state index contributed by atoms with van der Waals surface area (Å²) in [6.07, 6.45) is 6.18. The van der Waals surface area contributed by atoms with Gasteiger partial charge >= 0.3 is 0 Å². The summed E-state index contributed by atoms with van der Waals surface area (Å²) >= 11 is 0. The van der Waals surface area contributed by atoms with Gasteiger partial charge < -0.3 is 20.4 Å². The Morgan fingerprint density at radius 1 is 1.09 bits per heavy atom. The third-order valence-electron chi connectivity index (χ3n) is 5.90. The highest BCUT2D eigenvalue weighted by atomic mass is 33.1. The Morgan fingerprint density at radius 3 is 2.37 bits per heavy atom. The number of benzene rings is 1. The summed E-state index contributed by atoms with van der Waals surface area (Å²) in [7, 11) is 3.56. The number of rotatable bonds is 12. The Balaban J connectivity index is 1.57. The first-order valence-corrected chi connectivity index (χ1v) is 14.7. The first-order chi connectivity index (χ1) is 16.8. The van der Waals surface area contributed by atoms with E-state index in [4.69, 9.17) is 0 Å². The summed E-state index contributed by atoms with van der Waals surface area (Å²) in [4.78, 5) is 14.5. The summed E-state index contributed by atoms with van der Waals surface area (Å²) < 4.78 is 2.20. The number of aromatic nitrogens is 1. The van der Waals surface area contributed by atoms with Gasteiger partial charge in [-0.3, -0.25) is 4.79 Å². The van der Waals surface area contributed by atoms with Gasteiger partial charge in [-0.25, -0.2) is 0 Å². The lowest BCUT2D eigenvalue weighted by Crippen LogP contribution is -2.43. The molecule has 1 aromatic heterocycles. The van der Waals surface area contributed by atoms with Crippen molar-refractivity contribution < 1.29 is 19.6 Å². The molecule has 1 aromatic carbocycles. The predicted molar refractivity (Wildman–Crippen MR) is 148 cm³/mol. The van der Waals surface area contributed by atoms with E-state index in [1.807, 2.05) is 41.3 Å². The van der Waals surface area contributed by atoms with Crippen LogP contribution < -0.4 is 14.8 Å². The van der Waals surface area contributed by atoms with E-state index < -0.39 is 12.2 Å². The van der Waals surface area contributed by atoms with E-state index in [9.17, 15) is 15.0 Å². The lowest BCUT2D eigenvalue weighted by Gasteiger charge is -2.27. The molecule has 2 unspecified atom stereocenters. The van der Waals surface area contributed by atoms with Gasteiger partial charge in [-0.15, -0.1) is 0 Å². The first-order valence-electron chi connectivity index (χ1n) is 12.2. The fourth-order valence-corrected chi connectivity index (χ4v) is 7.27. The first kappa shape index (κ1) is 27.6. The Kier molecular flexibility index (Phi) is 10.5. The number of carbonyl (C=O) groups is 1. The lowest BCUT2D eigenvalue weighted by atomic mass is 9.95. The summed E-state index contributed by atoms with van der Waals surface area (Å²) in [5, 5.41) is 22.7. The maximum absolute atomic E-state index is 12.5. The van der Waals surface area contributed by atoms with Crippen LogP contribution in [0.3, 0.4) is 0 Å². The van der Waals surface area contributed by atoms with Crippen molar-refractivity contribution in [1.82, 2.24) is 5.32 Å². The van der Waals surface area contributed by atoms with Gasteiger partial charge in [0, 0.05) is 61.5 Å². The molecule has 0 spiro atoms. The van der Waals surface area contributed by atoms with Gasteiger partial charge in [-0.05, 0) is 50.6 Å². The van der Waals surface area contributed by atoms with Gasteiger partial charge in [-0.1, -0.05) is 33.7 Å². The second-order valence-electron chi connectivity index (χ2n) is 9.54. The molecule has 2 atom stereocenters. The largest absolute Gasteiger partial charge is 0.392 e. The molecule has 0 aliphatic carbocycles. The van der Waals surface area contributed by atoms with E-state index in [-0.39, 0.29) is 11.3 Å². The fraction of sp³-hybridized carbons (Fsp3) is 0.481. The van der Waals surface area contributed by atoms with Crippen molar-refractivity contribution in [3.8, 4) is 0 Å². The molecule has 190 valence electrons. The zero-order valence-electron chi connectivity index (χ0n) is 20.9. The second kappa shape index (κ2) is 13.3. The minimum Gasteiger partial charge on any atom is -0.392 e. The average Bonchev–Trinajstić information content (AvgIpc) is 3.28. The maximum atomic E-state index is 12.5. The Bertz CT molecular complexity index is 964. The molecule has 6 nitrogen and oxygen atoms in total. The van der Waals surface area contributed by atoms with Crippen molar-refractivity contribution in [1.29, 1.82) is 0 Å². The van der Waals surface area contributed by atoms with Crippen molar-refractivity contribution in [2.45, 2.75) is 45.9 Å². The summed E-state index contributed by atoms with van der Waals surface area (Å²) in [6, 6.07) is 14.3. The van der Waals surface area contributed by atoms with Crippen LogP contribution in [0.5, 0.6) is 0 Å². The second-order valence-corrected chi connectivity index (χ2v) is 12.0. The number of anilines is 1. The van der Waals surface area contributed by atoms with Crippen LogP contribution in [-0.2, 0) is 11.3 Å². The predicted octanol–water partition coefficient (Wildman–Crippen LogP) is 3.62. The maximum Gasteiger partial charge on any atom is 0.227 e. The van der Waals surface area contributed by atoms with Crippen LogP contribution in [-0.4, -0.2) is 59.5 Å². The van der Waals surface area contributed by atoms with Gasteiger partial charge in [0.1, 0.15) is 0 Å². The number of hydrogen-bond acceptors (Lipinski definition) is 6. The third kappa shape index (κ3) is 8.56. The van der Waals surface area contributed by atoms with Crippen molar-refractivity contribution in [3.63, 3.8) is 0 Å². The molecule has 1 amide bonds. The zero-order chi connectivity index (χ0) is 25.3. The summed E-state index contributed by atoms with van der Waals surface area (Å²) in [5.41, 5.74) is 2.90. The number of amides is 1. The lowest BCUT2D eigenvalue weighted by molar-refractivity contribution is -0.698. The summed E-state index contributed by atoms with van der Waals surface area (Å²) in [5.74, 6) is 1.93. The van der Waals surface area contributed by atoms with Crippen molar-refractivity contribution >= 4 is 45.3 Å². The molecular weight excluding hydrogens is 478 g/mol. The van der Waals surface area contributed by atoms with E-state index in [2.05, 4.69) is 41.2 Å². The number of hydrogen-bond donors (Lipinski definition) is 3. The normalized spacial score (nSPS) is 16.8. The number of nitrogens with one attached hydrogen (secondary N) is 1. The molecular formula is C27H38N3O3S2+. The van der Waals surface area contributed by atoms with Crippen LogP contribution >= 0.6 is 21.6 Å². The smallest absolute Gasteiger partial charge is 0.227 e. The van der Waals surface area contributed by atoms with Crippen molar-refractivity contribution in [3.05, 3.63) is 59.9 Å². The monoisotopic (exact) mass is 516 g/mol. The van der Waals surface area contributed by atoms with Crippen LogP contribution in [0.4, 0.5) is 5.69 Å². The highest BCUT2D eigenvalue weighted by Gasteiger charge is 2.37. The number of nitrogens with zero attached hydrogens (tertiary/aromatic N) is 2. The molecule has 3 N–H and O–H groups in total. The quantitative estimate of drug-likeness (QED) is 0.227. The van der Waals surface area contributed by atoms with Gasteiger partial charge in [0.2, 0.25) is 11.6 Å². The number of aliphatic hydroxyl groups is 2. The standard InChI is InChI=1S/C27H37N3O3S2/c1-21(31)17-30(18-22(2)32)25-12-9-23(10-13-25)8-11-24-7-4-5-15-29(24)16-6-14-28-26(33)27(3)19-34-35-20-27/h4-5,7-13,15,21-22,31-32H,6,14,16-20H2,1-3H3/p+1. The van der Waals surface area contributed by atoms with E-state index in [1.54, 1.807) is 35.4 Å². The number of aliphatic hydroxyl groups excluding tert-OH is 2. The number of aryl methyl sites for hydroxylation is 1. The average molecular weight is 517 g/mol. The van der Waals surface area contributed by atoms with E-state index in [1.165, 1.54) is 0 Å². The fourth-order valence-electron chi connectivity index (χ4n) is 3.93. The Morgan fingerprint density at radius 2 is 1.74 bits per heavy atom. The Labute approximate surface area is 217 Å². The molecule has 1 saturated heterocycles. The Hall–Kier alpha value is -2.00. The minimum absolute atomic E-state index is 0.164. The SMILES string of the molecule is CC(O)CN(CC(C)O)c1ccc(/C=C/c2cccc[n+]2CCCNC(=O)C2(C)CSSC2)cc1. The van der Waals surface area contributed by atoms with Crippen LogP contribution in [0.2, 0.25) is 0 Å². The van der Waals surface area contributed by atoms with Gasteiger partial charge in [0.15, 0.2) is 12.7 Å².